The summed E-state index contributed by atoms with van der Waals surface area (Å²) in [7, 11) is 0. The van der Waals surface area contributed by atoms with Gasteiger partial charge in [-0.1, -0.05) is 36.8 Å². The summed E-state index contributed by atoms with van der Waals surface area (Å²) in [6.07, 6.45) is -0.303. The summed E-state index contributed by atoms with van der Waals surface area (Å²) in [6.45, 7) is -0.963. The van der Waals surface area contributed by atoms with Crippen molar-refractivity contribution in [1.29, 1.82) is 0 Å². The zero-order chi connectivity index (χ0) is 14.6. The van der Waals surface area contributed by atoms with Crippen LogP contribution in [0.3, 0.4) is 0 Å². The van der Waals surface area contributed by atoms with Gasteiger partial charge in [-0.2, -0.15) is 0 Å². The number of aliphatic hydroxyl groups is 1. The maximum Gasteiger partial charge on any atom is 0.255 e. The predicted molar refractivity (Wildman–Crippen MR) is 71.6 cm³/mol. The minimum absolute atomic E-state index is 0.0439. The van der Waals surface area contributed by atoms with Gasteiger partial charge in [-0.3, -0.25) is 4.79 Å². The summed E-state index contributed by atoms with van der Waals surface area (Å²) in [5, 5.41) is 8.99. The lowest BCUT2D eigenvalue weighted by atomic mass is 9.63. The van der Waals surface area contributed by atoms with Gasteiger partial charge in [0.05, 0.1) is 18.6 Å². The first-order valence-electron chi connectivity index (χ1n) is 6.84. The largest absolute Gasteiger partial charge is 0.395 e. The molecule has 0 heterocycles. The molecule has 0 radical (unpaired) electrons. The van der Waals surface area contributed by atoms with Crippen molar-refractivity contribution in [2.75, 3.05) is 19.7 Å². The number of halogens is 2. The number of hydrogen-bond acceptors (Lipinski definition) is 2. The van der Waals surface area contributed by atoms with Crippen LogP contribution in [-0.4, -0.2) is 42.0 Å². The lowest BCUT2D eigenvalue weighted by molar-refractivity contribution is -0.143. The van der Waals surface area contributed by atoms with Gasteiger partial charge in [0.1, 0.15) is 0 Å². The van der Waals surface area contributed by atoms with Crippen LogP contribution in [0.2, 0.25) is 0 Å². The Morgan fingerprint density at radius 1 is 1.30 bits per heavy atom. The van der Waals surface area contributed by atoms with Gasteiger partial charge in [0.15, 0.2) is 0 Å². The second-order valence-electron chi connectivity index (χ2n) is 5.17. The van der Waals surface area contributed by atoms with Crippen LogP contribution >= 0.6 is 0 Å². The van der Waals surface area contributed by atoms with Gasteiger partial charge < -0.3 is 10.0 Å². The summed E-state index contributed by atoms with van der Waals surface area (Å²) in [5.74, 6) is -0.288. The Hall–Kier alpha value is -1.49. The highest BCUT2D eigenvalue weighted by atomic mass is 19.3. The summed E-state index contributed by atoms with van der Waals surface area (Å²) >= 11 is 0. The normalized spacial score (nSPS) is 16.8. The molecule has 1 aromatic carbocycles. The van der Waals surface area contributed by atoms with Gasteiger partial charge >= 0.3 is 0 Å². The van der Waals surface area contributed by atoms with E-state index in [-0.39, 0.29) is 19.1 Å². The van der Waals surface area contributed by atoms with Crippen molar-refractivity contribution in [3.63, 3.8) is 0 Å². The van der Waals surface area contributed by atoms with E-state index in [9.17, 15) is 13.6 Å². The van der Waals surface area contributed by atoms with E-state index in [0.29, 0.717) is 12.8 Å². The third kappa shape index (κ3) is 2.82. The van der Waals surface area contributed by atoms with Crippen LogP contribution in [-0.2, 0) is 10.2 Å². The molecule has 20 heavy (non-hydrogen) atoms. The highest BCUT2D eigenvalue weighted by molar-refractivity contribution is 5.89. The van der Waals surface area contributed by atoms with Crippen molar-refractivity contribution >= 4 is 5.91 Å². The number of alkyl halides is 2. The van der Waals surface area contributed by atoms with Gasteiger partial charge in [0.2, 0.25) is 5.91 Å². The number of benzene rings is 1. The third-order valence-electron chi connectivity index (χ3n) is 3.96. The van der Waals surface area contributed by atoms with E-state index in [1.165, 1.54) is 0 Å². The molecule has 1 N–H and O–H groups in total. The van der Waals surface area contributed by atoms with Crippen LogP contribution in [0, 0.1) is 0 Å². The fourth-order valence-corrected chi connectivity index (χ4v) is 2.78. The first kappa shape index (κ1) is 14.9. The Balaban J connectivity index is 2.23. The molecule has 1 aliphatic carbocycles. The van der Waals surface area contributed by atoms with Crippen LogP contribution in [0.1, 0.15) is 24.8 Å². The van der Waals surface area contributed by atoms with E-state index in [1.54, 1.807) is 0 Å². The van der Waals surface area contributed by atoms with Crippen LogP contribution in [0.25, 0.3) is 0 Å². The predicted octanol–water partition coefficient (Wildman–Crippen LogP) is 2.19. The van der Waals surface area contributed by atoms with Crippen molar-refractivity contribution in [3.8, 4) is 0 Å². The zero-order valence-electron chi connectivity index (χ0n) is 11.3. The lowest BCUT2D eigenvalue weighted by Crippen LogP contribution is -2.52. The van der Waals surface area contributed by atoms with E-state index in [0.717, 1.165) is 16.9 Å². The van der Waals surface area contributed by atoms with Crippen molar-refractivity contribution in [2.24, 2.45) is 0 Å². The smallest absolute Gasteiger partial charge is 0.255 e. The molecule has 0 atom stereocenters. The number of carbonyl (C=O) groups is 1. The quantitative estimate of drug-likeness (QED) is 0.869. The van der Waals surface area contributed by atoms with Crippen molar-refractivity contribution in [3.05, 3.63) is 35.9 Å². The molecule has 0 bridgehead atoms. The zero-order valence-corrected chi connectivity index (χ0v) is 11.3. The molecular formula is C15H19F2NO2. The average molecular weight is 283 g/mol. The Morgan fingerprint density at radius 3 is 2.40 bits per heavy atom. The molecule has 1 amide bonds. The maximum atomic E-state index is 12.7. The fourth-order valence-electron chi connectivity index (χ4n) is 2.78. The molecule has 1 saturated carbocycles. The minimum atomic E-state index is -2.58. The second-order valence-corrected chi connectivity index (χ2v) is 5.17. The summed E-state index contributed by atoms with van der Waals surface area (Å²) in [5.41, 5.74) is 0.208. The number of carbonyl (C=O) groups excluding carboxylic acids is 1. The summed E-state index contributed by atoms with van der Waals surface area (Å²) in [4.78, 5) is 13.7. The molecule has 0 saturated heterocycles. The standard InChI is InChI=1S/C15H19F2NO2/c16-13(17)11-18(9-10-19)14(20)15(7-4-8-15)12-5-2-1-3-6-12/h1-3,5-6,13,19H,4,7-11H2. The Kier molecular flexibility index (Phi) is 4.70. The first-order chi connectivity index (χ1) is 9.60. The highest BCUT2D eigenvalue weighted by Gasteiger charge is 2.47. The monoisotopic (exact) mass is 283 g/mol. The molecule has 0 aliphatic heterocycles. The van der Waals surface area contributed by atoms with Gasteiger partial charge in [-0.15, -0.1) is 0 Å². The second kappa shape index (κ2) is 6.31. The molecule has 1 aliphatic rings. The number of hydrogen-bond donors (Lipinski definition) is 1. The number of amides is 1. The van der Waals surface area contributed by atoms with Crippen LogP contribution in [0.15, 0.2) is 30.3 Å². The Bertz CT molecular complexity index is 446. The minimum Gasteiger partial charge on any atom is -0.395 e. The van der Waals surface area contributed by atoms with E-state index < -0.39 is 18.4 Å². The van der Waals surface area contributed by atoms with Crippen LogP contribution < -0.4 is 0 Å². The Labute approximate surface area is 117 Å². The molecule has 2 rings (SSSR count). The Morgan fingerprint density at radius 2 is 1.95 bits per heavy atom. The molecule has 5 heteroatoms. The topological polar surface area (TPSA) is 40.5 Å². The third-order valence-corrected chi connectivity index (χ3v) is 3.96. The molecule has 0 spiro atoms. The van der Waals surface area contributed by atoms with Crippen LogP contribution in [0.4, 0.5) is 8.78 Å². The number of rotatable bonds is 6. The van der Waals surface area contributed by atoms with Crippen molar-refractivity contribution in [1.82, 2.24) is 4.90 Å². The van der Waals surface area contributed by atoms with Gasteiger partial charge in [-0.05, 0) is 18.4 Å². The van der Waals surface area contributed by atoms with Crippen LogP contribution in [0.5, 0.6) is 0 Å². The number of aliphatic hydroxyl groups excluding tert-OH is 1. The summed E-state index contributed by atoms with van der Waals surface area (Å²) in [6, 6.07) is 9.32. The molecular weight excluding hydrogens is 264 g/mol. The van der Waals surface area contributed by atoms with Gasteiger partial charge in [0.25, 0.3) is 6.43 Å². The van der Waals surface area contributed by atoms with E-state index in [4.69, 9.17) is 5.11 Å². The lowest BCUT2D eigenvalue weighted by Gasteiger charge is -2.44. The summed E-state index contributed by atoms with van der Waals surface area (Å²) < 4.78 is 25.2. The molecule has 1 fully saturated rings. The SMILES string of the molecule is O=C(N(CCO)CC(F)F)C1(c2ccccc2)CCC1. The fraction of sp³-hybridized carbons (Fsp3) is 0.533. The van der Waals surface area contributed by atoms with Gasteiger partial charge in [0, 0.05) is 6.54 Å². The van der Waals surface area contributed by atoms with E-state index in [2.05, 4.69) is 0 Å². The van der Waals surface area contributed by atoms with E-state index >= 15 is 0 Å². The molecule has 110 valence electrons. The van der Waals surface area contributed by atoms with Crippen molar-refractivity contribution < 1.29 is 18.7 Å². The number of nitrogens with zero attached hydrogens (tertiary/aromatic N) is 1. The van der Waals surface area contributed by atoms with Crippen molar-refractivity contribution in [2.45, 2.75) is 31.1 Å². The maximum absolute atomic E-state index is 12.7. The molecule has 0 unspecified atom stereocenters. The molecule has 1 aromatic rings. The first-order valence-corrected chi connectivity index (χ1v) is 6.84. The highest BCUT2D eigenvalue weighted by Crippen LogP contribution is 2.45. The van der Waals surface area contributed by atoms with E-state index in [1.807, 2.05) is 30.3 Å². The molecule has 0 aromatic heterocycles. The average Bonchev–Trinajstić information content (AvgIpc) is 2.37. The van der Waals surface area contributed by atoms with Gasteiger partial charge in [-0.25, -0.2) is 8.78 Å². The molecule has 3 nitrogen and oxygen atoms in total.